The number of hydrogen-bond acceptors (Lipinski definition) is 3. The summed E-state index contributed by atoms with van der Waals surface area (Å²) in [5, 5.41) is 2.96. The minimum atomic E-state index is -3.51. The van der Waals surface area contributed by atoms with E-state index in [-0.39, 0.29) is 16.7 Å². The number of nitrogens with one attached hydrogen (secondary N) is 1. The molecule has 0 unspecified atom stereocenters. The van der Waals surface area contributed by atoms with Crippen molar-refractivity contribution in [3.05, 3.63) is 59.2 Å². The third-order valence-electron chi connectivity index (χ3n) is 4.51. The number of carbonyl (C=O) groups is 1. The van der Waals surface area contributed by atoms with E-state index in [4.69, 9.17) is 0 Å². The summed E-state index contributed by atoms with van der Waals surface area (Å²) in [5.74, 6) is 0.424. The van der Waals surface area contributed by atoms with Crippen molar-refractivity contribution < 1.29 is 13.2 Å². The highest BCUT2D eigenvalue weighted by Gasteiger charge is 2.18. The van der Waals surface area contributed by atoms with Crippen LogP contribution in [0.1, 0.15) is 61.0 Å². The Morgan fingerprint density at radius 2 is 1.52 bits per heavy atom. The zero-order valence-corrected chi connectivity index (χ0v) is 17.6. The Labute approximate surface area is 162 Å². The van der Waals surface area contributed by atoms with Gasteiger partial charge in [0.25, 0.3) is 5.91 Å². The molecule has 6 heteroatoms. The monoisotopic (exact) mass is 388 g/mol. The van der Waals surface area contributed by atoms with Gasteiger partial charge in [-0.1, -0.05) is 39.8 Å². The maximum Gasteiger partial charge on any atom is 0.255 e. The molecule has 1 amide bonds. The third kappa shape index (κ3) is 4.76. The zero-order chi connectivity index (χ0) is 20.4. The Morgan fingerprint density at radius 1 is 0.926 bits per heavy atom. The van der Waals surface area contributed by atoms with Crippen molar-refractivity contribution in [2.24, 2.45) is 0 Å². The summed E-state index contributed by atoms with van der Waals surface area (Å²) >= 11 is 0. The second kappa shape index (κ2) is 8.23. The topological polar surface area (TPSA) is 66.5 Å². The second-order valence-corrected chi connectivity index (χ2v) is 9.57. The van der Waals surface area contributed by atoms with Crippen molar-refractivity contribution in [1.29, 1.82) is 0 Å². The van der Waals surface area contributed by atoms with Gasteiger partial charge in [-0.05, 0) is 53.3 Å². The summed E-state index contributed by atoms with van der Waals surface area (Å²) in [6, 6.07) is 12.1. The van der Waals surface area contributed by atoms with E-state index in [1.54, 1.807) is 0 Å². The van der Waals surface area contributed by atoms with Crippen molar-refractivity contribution >= 4 is 21.6 Å². The highest BCUT2D eigenvalue weighted by molar-refractivity contribution is 7.89. The van der Waals surface area contributed by atoms with Gasteiger partial charge in [0.05, 0.1) is 4.90 Å². The van der Waals surface area contributed by atoms with Crippen LogP contribution in [-0.4, -0.2) is 32.7 Å². The molecule has 5 nitrogen and oxygen atoms in total. The van der Waals surface area contributed by atoms with Crippen LogP contribution in [-0.2, 0) is 10.0 Å². The van der Waals surface area contributed by atoms with E-state index in [9.17, 15) is 13.2 Å². The molecule has 0 saturated carbocycles. The van der Waals surface area contributed by atoms with Crippen LogP contribution in [0.4, 0.5) is 5.69 Å². The molecular formula is C21H28N2O3S. The number of rotatable bonds is 6. The molecule has 0 radical (unpaired) electrons. The van der Waals surface area contributed by atoms with Crippen molar-refractivity contribution in [3.63, 3.8) is 0 Å². The van der Waals surface area contributed by atoms with Crippen LogP contribution in [0.5, 0.6) is 0 Å². The van der Waals surface area contributed by atoms with E-state index >= 15 is 0 Å². The Balaban J connectivity index is 2.27. The van der Waals surface area contributed by atoms with E-state index in [0.717, 1.165) is 15.6 Å². The number of carbonyl (C=O) groups excluding carboxylic acids is 1. The fourth-order valence-corrected chi connectivity index (χ4v) is 3.62. The molecule has 0 aliphatic heterocycles. The lowest BCUT2D eigenvalue weighted by Crippen LogP contribution is -2.22. The lowest BCUT2D eigenvalue weighted by atomic mass is 9.94. The Kier molecular flexibility index (Phi) is 6.44. The van der Waals surface area contributed by atoms with E-state index in [0.29, 0.717) is 11.5 Å². The van der Waals surface area contributed by atoms with Crippen LogP contribution in [0.15, 0.2) is 47.4 Å². The molecule has 0 bridgehead atoms. The maximum atomic E-state index is 12.6. The Morgan fingerprint density at radius 3 is 2.00 bits per heavy atom. The first kappa shape index (κ1) is 21.1. The quantitative estimate of drug-likeness (QED) is 0.796. The standard InChI is InChI=1S/C21H28N2O3S/c1-14(2)17-9-12-20(19(13-17)15(3)4)22-21(24)16-7-10-18(11-8-16)27(25,26)23(5)6/h7-15H,1-6H3,(H,22,24). The van der Waals surface area contributed by atoms with E-state index in [1.165, 1.54) is 43.9 Å². The molecule has 0 spiro atoms. The second-order valence-electron chi connectivity index (χ2n) is 7.42. The summed E-state index contributed by atoms with van der Waals surface area (Å²) in [5.41, 5.74) is 3.51. The first-order chi connectivity index (χ1) is 12.5. The molecule has 0 aromatic heterocycles. The van der Waals surface area contributed by atoms with Gasteiger partial charge in [0.1, 0.15) is 0 Å². The van der Waals surface area contributed by atoms with E-state index in [1.807, 2.05) is 12.1 Å². The van der Waals surface area contributed by atoms with E-state index < -0.39 is 10.0 Å². The number of amides is 1. The molecule has 2 rings (SSSR count). The molecule has 0 fully saturated rings. The summed E-state index contributed by atoms with van der Waals surface area (Å²) in [7, 11) is -0.555. The summed E-state index contributed by atoms with van der Waals surface area (Å²) in [6.45, 7) is 8.47. The van der Waals surface area contributed by atoms with Gasteiger partial charge in [0.15, 0.2) is 0 Å². The first-order valence-electron chi connectivity index (χ1n) is 9.01. The maximum absolute atomic E-state index is 12.6. The lowest BCUT2D eigenvalue weighted by Gasteiger charge is -2.17. The fraction of sp³-hybridized carbons (Fsp3) is 0.381. The number of anilines is 1. The van der Waals surface area contributed by atoms with Crippen molar-refractivity contribution in [3.8, 4) is 0 Å². The van der Waals surface area contributed by atoms with E-state index in [2.05, 4.69) is 39.1 Å². The molecule has 0 aliphatic carbocycles. The van der Waals surface area contributed by atoms with Crippen molar-refractivity contribution in [2.45, 2.75) is 44.4 Å². The van der Waals surface area contributed by atoms with Gasteiger partial charge in [-0.2, -0.15) is 0 Å². The number of hydrogen-bond donors (Lipinski definition) is 1. The minimum Gasteiger partial charge on any atom is -0.322 e. The zero-order valence-electron chi connectivity index (χ0n) is 16.8. The Hall–Kier alpha value is -2.18. The molecule has 1 N–H and O–H groups in total. The predicted octanol–water partition coefficient (Wildman–Crippen LogP) is 4.44. The average Bonchev–Trinajstić information content (AvgIpc) is 2.61. The molecule has 146 valence electrons. The van der Waals surface area contributed by atoms with Gasteiger partial charge < -0.3 is 5.32 Å². The molecule has 0 aliphatic rings. The van der Waals surface area contributed by atoms with Gasteiger partial charge >= 0.3 is 0 Å². The van der Waals surface area contributed by atoms with Gasteiger partial charge in [-0.15, -0.1) is 0 Å². The summed E-state index contributed by atoms with van der Waals surface area (Å²) < 4.78 is 25.4. The predicted molar refractivity (Wildman–Crippen MR) is 110 cm³/mol. The van der Waals surface area contributed by atoms with Crippen LogP contribution in [0, 0.1) is 0 Å². The fourth-order valence-electron chi connectivity index (χ4n) is 2.72. The summed E-state index contributed by atoms with van der Waals surface area (Å²) in [4.78, 5) is 12.8. The molecule has 0 saturated heterocycles. The van der Waals surface area contributed by atoms with Crippen LogP contribution in [0.3, 0.4) is 0 Å². The molecule has 27 heavy (non-hydrogen) atoms. The Bertz CT molecular complexity index is 915. The van der Waals surface area contributed by atoms with Gasteiger partial charge in [0.2, 0.25) is 10.0 Å². The van der Waals surface area contributed by atoms with Gasteiger partial charge in [0, 0.05) is 25.3 Å². The highest BCUT2D eigenvalue weighted by atomic mass is 32.2. The average molecular weight is 389 g/mol. The molecular weight excluding hydrogens is 360 g/mol. The summed E-state index contributed by atoms with van der Waals surface area (Å²) in [6.07, 6.45) is 0. The number of nitrogens with zero attached hydrogens (tertiary/aromatic N) is 1. The third-order valence-corrected chi connectivity index (χ3v) is 6.34. The van der Waals surface area contributed by atoms with Crippen molar-refractivity contribution in [1.82, 2.24) is 4.31 Å². The number of benzene rings is 2. The smallest absolute Gasteiger partial charge is 0.255 e. The molecule has 2 aromatic carbocycles. The number of sulfonamides is 1. The van der Waals surface area contributed by atoms with Crippen molar-refractivity contribution in [2.75, 3.05) is 19.4 Å². The first-order valence-corrected chi connectivity index (χ1v) is 10.5. The van der Waals surface area contributed by atoms with Gasteiger partial charge in [-0.25, -0.2) is 12.7 Å². The minimum absolute atomic E-state index is 0.160. The molecule has 0 atom stereocenters. The van der Waals surface area contributed by atoms with Crippen LogP contribution < -0.4 is 5.32 Å². The van der Waals surface area contributed by atoms with Crippen LogP contribution in [0.2, 0.25) is 0 Å². The highest BCUT2D eigenvalue weighted by Crippen LogP contribution is 2.29. The molecule has 2 aromatic rings. The normalized spacial score (nSPS) is 12.0. The largest absolute Gasteiger partial charge is 0.322 e. The van der Waals surface area contributed by atoms with Crippen LogP contribution >= 0.6 is 0 Å². The SMILES string of the molecule is CC(C)c1ccc(NC(=O)c2ccc(S(=O)(=O)N(C)C)cc2)c(C(C)C)c1. The van der Waals surface area contributed by atoms with Crippen LogP contribution in [0.25, 0.3) is 0 Å². The molecule has 0 heterocycles. The van der Waals surface area contributed by atoms with Gasteiger partial charge in [-0.3, -0.25) is 4.79 Å². The lowest BCUT2D eigenvalue weighted by molar-refractivity contribution is 0.102.